The monoisotopic (exact) mass is 328 g/mol. The van der Waals surface area contributed by atoms with E-state index >= 15 is 0 Å². The van der Waals surface area contributed by atoms with Crippen LogP contribution in [-0.4, -0.2) is 25.5 Å². The highest BCUT2D eigenvalue weighted by Gasteiger charge is 2.30. The smallest absolute Gasteiger partial charge is 0.316 e. The van der Waals surface area contributed by atoms with Crippen molar-refractivity contribution >= 4 is 0 Å². The molecule has 0 bridgehead atoms. The van der Waals surface area contributed by atoms with Crippen molar-refractivity contribution in [1.29, 1.82) is 0 Å². The van der Waals surface area contributed by atoms with Gasteiger partial charge in [0.15, 0.2) is 11.6 Å². The molecule has 0 radical (unpaired) electrons. The SMILES string of the molecule is CCn1ccc(-c2nc(CC(C)C)nn2CC(F)(F)F)cc1=O. The van der Waals surface area contributed by atoms with Crippen molar-refractivity contribution in [1.82, 2.24) is 19.3 Å². The first-order valence-electron chi connectivity index (χ1n) is 7.41. The maximum Gasteiger partial charge on any atom is 0.408 e. The molecule has 0 unspecified atom stereocenters. The van der Waals surface area contributed by atoms with Crippen LogP contribution in [0.25, 0.3) is 11.4 Å². The molecule has 0 spiro atoms. The van der Waals surface area contributed by atoms with Crippen molar-refractivity contribution in [2.75, 3.05) is 0 Å². The molecular formula is C15H19F3N4O. The Kier molecular flexibility index (Phi) is 4.91. The molecule has 0 aliphatic carbocycles. The molecule has 0 atom stereocenters. The van der Waals surface area contributed by atoms with Gasteiger partial charge in [-0.05, 0) is 18.9 Å². The molecule has 0 fully saturated rings. The van der Waals surface area contributed by atoms with Gasteiger partial charge in [-0.1, -0.05) is 13.8 Å². The maximum absolute atomic E-state index is 12.8. The quantitative estimate of drug-likeness (QED) is 0.848. The van der Waals surface area contributed by atoms with Gasteiger partial charge in [0.05, 0.1) is 0 Å². The summed E-state index contributed by atoms with van der Waals surface area (Å²) in [7, 11) is 0. The fourth-order valence-electron chi connectivity index (χ4n) is 2.24. The summed E-state index contributed by atoms with van der Waals surface area (Å²) >= 11 is 0. The lowest BCUT2D eigenvalue weighted by molar-refractivity contribution is -0.142. The summed E-state index contributed by atoms with van der Waals surface area (Å²) < 4.78 is 40.5. The topological polar surface area (TPSA) is 52.7 Å². The largest absolute Gasteiger partial charge is 0.408 e. The Balaban J connectivity index is 2.48. The minimum Gasteiger partial charge on any atom is -0.316 e. The van der Waals surface area contributed by atoms with E-state index in [2.05, 4.69) is 10.1 Å². The third kappa shape index (κ3) is 4.43. The summed E-state index contributed by atoms with van der Waals surface area (Å²) in [5, 5.41) is 3.96. The zero-order valence-corrected chi connectivity index (χ0v) is 13.3. The molecule has 2 aromatic rings. The van der Waals surface area contributed by atoms with Gasteiger partial charge in [-0.25, -0.2) is 9.67 Å². The van der Waals surface area contributed by atoms with Crippen molar-refractivity contribution in [2.24, 2.45) is 5.92 Å². The second-order valence-corrected chi connectivity index (χ2v) is 5.76. The molecule has 2 rings (SSSR count). The highest BCUT2D eigenvalue weighted by Crippen LogP contribution is 2.23. The molecule has 0 aliphatic rings. The maximum atomic E-state index is 12.8. The first-order chi connectivity index (χ1) is 10.7. The Morgan fingerprint density at radius 3 is 2.52 bits per heavy atom. The van der Waals surface area contributed by atoms with E-state index < -0.39 is 12.7 Å². The molecule has 23 heavy (non-hydrogen) atoms. The van der Waals surface area contributed by atoms with Crippen molar-refractivity contribution in [3.63, 3.8) is 0 Å². The van der Waals surface area contributed by atoms with Crippen LogP contribution in [0.1, 0.15) is 26.6 Å². The van der Waals surface area contributed by atoms with Crippen molar-refractivity contribution < 1.29 is 13.2 Å². The number of alkyl halides is 3. The zero-order valence-electron chi connectivity index (χ0n) is 13.3. The summed E-state index contributed by atoms with van der Waals surface area (Å²) in [5.41, 5.74) is 0.0587. The van der Waals surface area contributed by atoms with Crippen LogP contribution in [-0.2, 0) is 19.5 Å². The van der Waals surface area contributed by atoms with Crippen LogP contribution in [0.2, 0.25) is 0 Å². The number of pyridine rings is 1. The number of hydrogen-bond donors (Lipinski definition) is 0. The van der Waals surface area contributed by atoms with Gasteiger partial charge in [-0.3, -0.25) is 4.79 Å². The number of aromatic nitrogens is 4. The minimum absolute atomic E-state index is 0.0679. The zero-order chi connectivity index (χ0) is 17.2. The third-order valence-corrected chi connectivity index (χ3v) is 3.23. The molecular weight excluding hydrogens is 309 g/mol. The van der Waals surface area contributed by atoms with Gasteiger partial charge in [0, 0.05) is 30.8 Å². The molecule has 0 N–H and O–H groups in total. The van der Waals surface area contributed by atoms with E-state index in [-0.39, 0.29) is 17.3 Å². The van der Waals surface area contributed by atoms with Crippen LogP contribution < -0.4 is 5.56 Å². The Hall–Kier alpha value is -2.12. The lowest BCUT2D eigenvalue weighted by Crippen LogP contribution is -2.21. The summed E-state index contributed by atoms with van der Waals surface area (Å²) in [4.78, 5) is 16.1. The second-order valence-electron chi connectivity index (χ2n) is 5.76. The highest BCUT2D eigenvalue weighted by atomic mass is 19.4. The lowest BCUT2D eigenvalue weighted by Gasteiger charge is -2.09. The van der Waals surface area contributed by atoms with Crippen molar-refractivity contribution in [3.8, 4) is 11.4 Å². The van der Waals surface area contributed by atoms with E-state index in [4.69, 9.17) is 0 Å². The van der Waals surface area contributed by atoms with E-state index in [1.807, 2.05) is 20.8 Å². The van der Waals surface area contributed by atoms with E-state index in [0.717, 1.165) is 4.68 Å². The molecule has 2 aromatic heterocycles. The number of nitrogens with zero attached hydrogens (tertiary/aromatic N) is 4. The summed E-state index contributed by atoms with van der Waals surface area (Å²) in [6.07, 6.45) is -2.38. The number of halogens is 3. The fourth-order valence-corrected chi connectivity index (χ4v) is 2.24. The van der Waals surface area contributed by atoms with Gasteiger partial charge in [-0.15, -0.1) is 0 Å². The molecule has 2 heterocycles. The molecule has 126 valence electrons. The van der Waals surface area contributed by atoms with Crippen LogP contribution in [0.4, 0.5) is 13.2 Å². The molecule has 0 aliphatic heterocycles. The van der Waals surface area contributed by atoms with Crippen molar-refractivity contribution in [3.05, 3.63) is 34.5 Å². The predicted octanol–water partition coefficient (Wildman–Crippen LogP) is 2.89. The summed E-state index contributed by atoms with van der Waals surface area (Å²) in [5.74, 6) is 0.634. The Labute approximate surface area is 131 Å². The standard InChI is InChI=1S/C15H19F3N4O/c1-4-21-6-5-11(8-13(21)23)14-19-12(7-10(2)3)20-22(14)9-15(16,17)18/h5-6,8,10H,4,7,9H2,1-3H3. The first-order valence-corrected chi connectivity index (χ1v) is 7.41. The predicted molar refractivity (Wildman–Crippen MR) is 80.0 cm³/mol. The van der Waals surface area contributed by atoms with Crippen LogP contribution in [0, 0.1) is 5.92 Å². The summed E-state index contributed by atoms with van der Waals surface area (Å²) in [6.45, 7) is 4.95. The molecule has 0 saturated carbocycles. The van der Waals surface area contributed by atoms with E-state index in [9.17, 15) is 18.0 Å². The average molecular weight is 328 g/mol. The fraction of sp³-hybridized carbons (Fsp3) is 0.533. The number of hydrogen-bond acceptors (Lipinski definition) is 3. The van der Waals surface area contributed by atoms with E-state index in [0.29, 0.717) is 24.4 Å². The number of aryl methyl sites for hydroxylation is 1. The average Bonchev–Trinajstić information content (AvgIpc) is 2.78. The Morgan fingerprint density at radius 1 is 1.30 bits per heavy atom. The van der Waals surface area contributed by atoms with Crippen LogP contribution in [0.15, 0.2) is 23.1 Å². The summed E-state index contributed by atoms with van der Waals surface area (Å²) in [6, 6.07) is 2.88. The first kappa shape index (κ1) is 17.2. The van der Waals surface area contributed by atoms with E-state index in [1.54, 1.807) is 12.3 Å². The second kappa shape index (κ2) is 6.55. The Morgan fingerprint density at radius 2 is 2.00 bits per heavy atom. The van der Waals surface area contributed by atoms with Crippen molar-refractivity contribution in [2.45, 2.75) is 46.5 Å². The van der Waals surface area contributed by atoms with Crippen LogP contribution in [0.3, 0.4) is 0 Å². The van der Waals surface area contributed by atoms with E-state index in [1.165, 1.54) is 10.6 Å². The van der Waals surface area contributed by atoms with Gasteiger partial charge >= 0.3 is 6.18 Å². The lowest BCUT2D eigenvalue weighted by atomic mass is 10.1. The van der Waals surface area contributed by atoms with Crippen LogP contribution in [0.5, 0.6) is 0 Å². The molecule has 8 heteroatoms. The molecule has 0 aromatic carbocycles. The van der Waals surface area contributed by atoms with Gasteiger partial charge in [0.25, 0.3) is 5.56 Å². The van der Waals surface area contributed by atoms with Gasteiger partial charge in [-0.2, -0.15) is 18.3 Å². The van der Waals surface area contributed by atoms with Gasteiger partial charge in [0.2, 0.25) is 0 Å². The number of rotatable bonds is 5. The highest BCUT2D eigenvalue weighted by molar-refractivity contribution is 5.54. The Bertz CT molecular complexity index is 731. The van der Waals surface area contributed by atoms with Gasteiger partial charge < -0.3 is 4.57 Å². The minimum atomic E-state index is -4.41. The normalized spacial score (nSPS) is 12.1. The molecule has 0 amide bonds. The third-order valence-electron chi connectivity index (χ3n) is 3.23. The van der Waals surface area contributed by atoms with Gasteiger partial charge in [0.1, 0.15) is 6.54 Å². The molecule has 5 nitrogen and oxygen atoms in total. The van der Waals surface area contributed by atoms with Crippen LogP contribution >= 0.6 is 0 Å². The molecule has 0 saturated heterocycles.